The first-order valence-corrected chi connectivity index (χ1v) is 4.83. The van der Waals surface area contributed by atoms with Crippen LogP contribution in [-0.2, 0) is 0 Å². The summed E-state index contributed by atoms with van der Waals surface area (Å²) in [6.45, 7) is 0. The van der Waals surface area contributed by atoms with Crippen LogP contribution < -0.4 is 0 Å². The number of hydrogen-bond donors (Lipinski definition) is 0. The SMILES string of the molecule is N#Cc1cnc(C(F)=CI)c(Cl)c1. The molecule has 0 spiro atoms. The Morgan fingerprint density at radius 2 is 2.46 bits per heavy atom. The Kier molecular flexibility index (Phi) is 3.63. The van der Waals surface area contributed by atoms with Crippen molar-refractivity contribution < 1.29 is 4.39 Å². The van der Waals surface area contributed by atoms with Gasteiger partial charge in [-0.25, -0.2) is 4.39 Å². The van der Waals surface area contributed by atoms with Crippen molar-refractivity contribution in [3.8, 4) is 6.07 Å². The fourth-order valence-corrected chi connectivity index (χ4v) is 1.28. The number of pyridine rings is 1. The molecule has 0 unspecified atom stereocenters. The lowest BCUT2D eigenvalue weighted by atomic mass is 10.2. The third kappa shape index (κ3) is 2.39. The number of aromatic nitrogens is 1. The second kappa shape index (κ2) is 4.53. The summed E-state index contributed by atoms with van der Waals surface area (Å²) in [5.74, 6) is -0.505. The van der Waals surface area contributed by atoms with Gasteiger partial charge < -0.3 is 0 Å². The van der Waals surface area contributed by atoms with E-state index in [2.05, 4.69) is 4.98 Å². The van der Waals surface area contributed by atoms with Crippen molar-refractivity contribution >= 4 is 40.0 Å². The van der Waals surface area contributed by atoms with Gasteiger partial charge >= 0.3 is 0 Å². The Balaban J connectivity index is 3.22. The monoisotopic (exact) mass is 308 g/mol. The van der Waals surface area contributed by atoms with Crippen LogP contribution in [0.5, 0.6) is 0 Å². The number of rotatable bonds is 1. The summed E-state index contributed by atoms with van der Waals surface area (Å²) in [6.07, 6.45) is 1.28. The quantitative estimate of drug-likeness (QED) is 0.746. The standard InChI is InChI=1S/C8H3ClFIN2/c9-6-1-5(3-12)4-13-8(6)7(10)2-11/h1-2,4H. The second-order valence-corrected chi connectivity index (χ2v) is 3.15. The molecule has 13 heavy (non-hydrogen) atoms. The molecular weight excluding hydrogens is 305 g/mol. The third-order valence-electron chi connectivity index (χ3n) is 1.29. The zero-order valence-corrected chi connectivity index (χ0v) is 9.17. The minimum Gasteiger partial charge on any atom is -0.251 e. The van der Waals surface area contributed by atoms with Gasteiger partial charge in [0.05, 0.1) is 10.6 Å². The lowest BCUT2D eigenvalue weighted by Crippen LogP contribution is -1.87. The highest BCUT2D eigenvalue weighted by atomic mass is 127. The van der Waals surface area contributed by atoms with Crippen LogP contribution in [0.15, 0.2) is 16.3 Å². The van der Waals surface area contributed by atoms with Gasteiger partial charge in [0.25, 0.3) is 0 Å². The summed E-state index contributed by atoms with van der Waals surface area (Å²) in [5, 5.41) is 8.63. The van der Waals surface area contributed by atoms with Crippen molar-refractivity contribution in [3.63, 3.8) is 0 Å². The van der Waals surface area contributed by atoms with Crippen LogP contribution in [0.2, 0.25) is 5.02 Å². The normalized spacial score (nSPS) is 11.1. The molecular formula is C8H3ClFIN2. The summed E-state index contributed by atoms with van der Waals surface area (Å²) in [4.78, 5) is 3.72. The second-order valence-electron chi connectivity index (χ2n) is 2.12. The zero-order valence-electron chi connectivity index (χ0n) is 6.26. The van der Waals surface area contributed by atoms with E-state index >= 15 is 0 Å². The van der Waals surface area contributed by atoms with E-state index in [4.69, 9.17) is 16.9 Å². The Morgan fingerprint density at radius 3 is 2.92 bits per heavy atom. The molecule has 1 aromatic heterocycles. The molecule has 0 aliphatic heterocycles. The average Bonchev–Trinajstić information content (AvgIpc) is 2.16. The highest BCUT2D eigenvalue weighted by molar-refractivity contribution is 14.1. The van der Waals surface area contributed by atoms with Gasteiger partial charge in [-0.1, -0.05) is 11.6 Å². The highest BCUT2D eigenvalue weighted by Crippen LogP contribution is 2.24. The molecule has 66 valence electrons. The third-order valence-corrected chi connectivity index (χ3v) is 2.13. The summed E-state index contributed by atoms with van der Waals surface area (Å²) in [6, 6.07) is 3.24. The van der Waals surface area contributed by atoms with Crippen molar-refractivity contribution in [2.24, 2.45) is 0 Å². The molecule has 0 saturated carbocycles. The summed E-state index contributed by atoms with van der Waals surface area (Å²) in [5.41, 5.74) is 0.380. The van der Waals surface area contributed by atoms with Crippen LogP contribution in [0.25, 0.3) is 5.83 Å². The molecule has 2 nitrogen and oxygen atoms in total. The molecule has 0 radical (unpaired) electrons. The fourth-order valence-electron chi connectivity index (χ4n) is 0.726. The average molecular weight is 308 g/mol. The first-order valence-electron chi connectivity index (χ1n) is 3.21. The van der Waals surface area contributed by atoms with Gasteiger partial charge in [0.2, 0.25) is 0 Å². The van der Waals surface area contributed by atoms with Gasteiger partial charge in [0, 0.05) is 10.3 Å². The van der Waals surface area contributed by atoms with E-state index in [1.165, 1.54) is 16.3 Å². The molecule has 0 amide bonds. The van der Waals surface area contributed by atoms with Crippen molar-refractivity contribution in [1.82, 2.24) is 4.98 Å². The Bertz CT molecular complexity index is 398. The maximum absolute atomic E-state index is 13.0. The van der Waals surface area contributed by atoms with Crippen molar-refractivity contribution in [2.45, 2.75) is 0 Å². The van der Waals surface area contributed by atoms with E-state index < -0.39 is 5.83 Å². The lowest BCUT2D eigenvalue weighted by Gasteiger charge is -1.98. The molecule has 1 aromatic rings. The van der Waals surface area contributed by atoms with Crippen LogP contribution in [0, 0.1) is 11.3 Å². The molecule has 0 fully saturated rings. The summed E-state index contributed by atoms with van der Waals surface area (Å²) in [7, 11) is 0. The molecule has 1 heterocycles. The first-order chi connectivity index (χ1) is 6.19. The van der Waals surface area contributed by atoms with E-state index in [9.17, 15) is 4.39 Å². The topological polar surface area (TPSA) is 36.7 Å². The predicted molar refractivity (Wildman–Crippen MR) is 57.1 cm³/mol. The van der Waals surface area contributed by atoms with E-state index in [1.807, 2.05) is 6.07 Å². The minimum atomic E-state index is -0.505. The van der Waals surface area contributed by atoms with Crippen LogP contribution in [0.1, 0.15) is 11.3 Å². The Morgan fingerprint density at radius 1 is 1.77 bits per heavy atom. The number of nitriles is 1. The molecule has 0 saturated heterocycles. The molecule has 0 aliphatic carbocycles. The largest absolute Gasteiger partial charge is 0.251 e. The lowest BCUT2D eigenvalue weighted by molar-refractivity contribution is 0.755. The van der Waals surface area contributed by atoms with E-state index in [0.29, 0.717) is 5.56 Å². The van der Waals surface area contributed by atoms with E-state index in [0.717, 1.165) is 0 Å². The van der Waals surface area contributed by atoms with Gasteiger partial charge in [-0.3, -0.25) is 4.98 Å². The van der Waals surface area contributed by atoms with Gasteiger partial charge in [0.15, 0.2) is 5.83 Å². The molecule has 0 aromatic carbocycles. The van der Waals surface area contributed by atoms with Gasteiger partial charge in [-0.15, -0.1) is 0 Å². The van der Waals surface area contributed by atoms with Gasteiger partial charge in [0.1, 0.15) is 11.8 Å². The zero-order chi connectivity index (χ0) is 9.84. The molecule has 0 atom stereocenters. The fraction of sp³-hybridized carbons (Fsp3) is 0. The van der Waals surface area contributed by atoms with E-state index in [-0.39, 0.29) is 10.7 Å². The maximum atomic E-state index is 13.0. The maximum Gasteiger partial charge on any atom is 0.156 e. The first kappa shape index (κ1) is 10.4. The smallest absolute Gasteiger partial charge is 0.156 e. The van der Waals surface area contributed by atoms with Crippen molar-refractivity contribution in [2.75, 3.05) is 0 Å². The van der Waals surface area contributed by atoms with Crippen molar-refractivity contribution in [3.05, 3.63) is 32.6 Å². The number of halogens is 3. The minimum absolute atomic E-state index is 0.0649. The van der Waals surface area contributed by atoms with Gasteiger partial charge in [-0.2, -0.15) is 5.26 Å². The predicted octanol–water partition coefficient (Wildman–Crippen LogP) is 3.31. The molecule has 0 bridgehead atoms. The van der Waals surface area contributed by atoms with Crippen LogP contribution in [0.3, 0.4) is 0 Å². The van der Waals surface area contributed by atoms with Crippen LogP contribution in [-0.4, -0.2) is 4.98 Å². The Hall–Kier alpha value is -0.670. The van der Waals surface area contributed by atoms with Crippen LogP contribution in [0.4, 0.5) is 4.39 Å². The van der Waals surface area contributed by atoms with E-state index in [1.54, 1.807) is 22.6 Å². The number of hydrogen-bond acceptors (Lipinski definition) is 2. The molecule has 1 rings (SSSR count). The van der Waals surface area contributed by atoms with Crippen molar-refractivity contribution in [1.29, 1.82) is 5.26 Å². The van der Waals surface area contributed by atoms with Gasteiger partial charge in [-0.05, 0) is 28.7 Å². The molecule has 0 N–H and O–H groups in total. The highest BCUT2D eigenvalue weighted by Gasteiger charge is 2.07. The number of nitrogens with zero attached hydrogens (tertiary/aromatic N) is 2. The summed E-state index contributed by atoms with van der Waals surface area (Å²) < 4.78 is 14.2. The summed E-state index contributed by atoms with van der Waals surface area (Å²) >= 11 is 7.43. The Labute approximate surface area is 93.2 Å². The van der Waals surface area contributed by atoms with Crippen LogP contribution >= 0.6 is 34.2 Å². The molecule has 0 aliphatic rings. The molecule has 5 heteroatoms.